The molecule has 0 bridgehead atoms. The molecule has 0 fully saturated rings. The molecule has 1 aliphatic rings. The van der Waals surface area contributed by atoms with Crippen LogP contribution in [0.15, 0.2) is 60.2 Å². The average Bonchev–Trinajstić information content (AvgIpc) is 3.00. The molecule has 4 heteroatoms. The molecule has 1 amide bonds. The molecule has 0 aromatic heterocycles. The summed E-state index contributed by atoms with van der Waals surface area (Å²) in [5, 5.41) is 3.06. The first kappa shape index (κ1) is 18.9. The molecule has 140 valence electrons. The molecule has 0 saturated heterocycles. The van der Waals surface area contributed by atoms with Gasteiger partial charge in [-0.15, -0.1) is 0 Å². The summed E-state index contributed by atoms with van der Waals surface area (Å²) in [7, 11) is 0. The number of amides is 1. The van der Waals surface area contributed by atoms with E-state index in [1.807, 2.05) is 12.1 Å². The predicted octanol–water partition coefficient (Wildman–Crippen LogP) is 3.77. The minimum atomic E-state index is -0.321. The van der Waals surface area contributed by atoms with Crippen LogP contribution < -0.4 is 10.1 Å². The lowest BCUT2D eigenvalue weighted by molar-refractivity contribution is -0.131. The molecule has 0 saturated carbocycles. The summed E-state index contributed by atoms with van der Waals surface area (Å²) in [5.41, 5.74) is 4.85. The summed E-state index contributed by atoms with van der Waals surface area (Å²) in [6.07, 6.45) is 5.24. The molecular weight excluding hydrogens is 338 g/mol. The van der Waals surface area contributed by atoms with Crippen LogP contribution in [-0.4, -0.2) is 17.9 Å². The Morgan fingerprint density at radius 2 is 1.59 bits per heavy atom. The van der Waals surface area contributed by atoms with Gasteiger partial charge in [-0.2, -0.15) is 0 Å². The summed E-state index contributed by atoms with van der Waals surface area (Å²) >= 11 is 0. The zero-order chi connectivity index (χ0) is 19.2. The summed E-state index contributed by atoms with van der Waals surface area (Å²) in [4.78, 5) is 22.9. The van der Waals surface area contributed by atoms with Gasteiger partial charge in [-0.05, 0) is 60.1 Å². The number of ether oxygens (including phenoxy) is 1. The maximum atomic E-state index is 11.9. The highest BCUT2D eigenvalue weighted by atomic mass is 16.5. The fourth-order valence-electron chi connectivity index (χ4n) is 3.33. The van der Waals surface area contributed by atoms with Crippen molar-refractivity contribution < 1.29 is 14.3 Å². The van der Waals surface area contributed by atoms with E-state index < -0.39 is 0 Å². The van der Waals surface area contributed by atoms with Crippen molar-refractivity contribution in [1.29, 1.82) is 0 Å². The number of benzene rings is 2. The molecule has 2 aromatic carbocycles. The van der Waals surface area contributed by atoms with Crippen molar-refractivity contribution in [3.63, 3.8) is 0 Å². The van der Waals surface area contributed by atoms with E-state index in [0.29, 0.717) is 5.75 Å². The number of aryl methyl sites for hydroxylation is 2. The Bertz CT molecular complexity index is 835. The van der Waals surface area contributed by atoms with E-state index in [1.165, 1.54) is 18.1 Å². The fourth-order valence-corrected chi connectivity index (χ4v) is 3.33. The van der Waals surface area contributed by atoms with Gasteiger partial charge in [0.05, 0.1) is 6.04 Å². The molecule has 27 heavy (non-hydrogen) atoms. The van der Waals surface area contributed by atoms with E-state index >= 15 is 0 Å². The quantitative estimate of drug-likeness (QED) is 0.602. The third-order valence-electron chi connectivity index (χ3n) is 4.84. The van der Waals surface area contributed by atoms with Gasteiger partial charge in [0.1, 0.15) is 5.75 Å². The molecule has 1 atom stereocenters. The minimum Gasteiger partial charge on any atom is -0.427 e. The van der Waals surface area contributed by atoms with Gasteiger partial charge in [-0.1, -0.05) is 43.3 Å². The molecule has 0 unspecified atom stereocenters. The van der Waals surface area contributed by atoms with Gasteiger partial charge in [0, 0.05) is 13.0 Å². The third-order valence-corrected chi connectivity index (χ3v) is 4.84. The van der Waals surface area contributed by atoms with E-state index in [-0.39, 0.29) is 17.9 Å². The lowest BCUT2D eigenvalue weighted by Crippen LogP contribution is -2.30. The third kappa shape index (κ3) is 5.30. The highest BCUT2D eigenvalue weighted by Gasteiger charge is 2.23. The number of hydrogen-bond donors (Lipinski definition) is 1. The Balaban J connectivity index is 1.59. The van der Waals surface area contributed by atoms with Crippen molar-refractivity contribution in [2.45, 2.75) is 45.6 Å². The van der Waals surface area contributed by atoms with Gasteiger partial charge >= 0.3 is 5.97 Å². The Kier molecular flexibility index (Phi) is 6.07. The van der Waals surface area contributed by atoms with Crippen molar-refractivity contribution in [2.24, 2.45) is 0 Å². The Labute approximate surface area is 160 Å². The van der Waals surface area contributed by atoms with Gasteiger partial charge in [0.25, 0.3) is 0 Å². The number of hydrogen-bond acceptors (Lipinski definition) is 3. The van der Waals surface area contributed by atoms with Gasteiger partial charge < -0.3 is 10.1 Å². The van der Waals surface area contributed by atoms with Crippen molar-refractivity contribution in [3.05, 3.63) is 76.9 Å². The summed E-state index contributed by atoms with van der Waals surface area (Å²) in [6, 6.07) is 16.2. The zero-order valence-electron chi connectivity index (χ0n) is 15.8. The number of nitrogens with one attached hydrogen (secondary N) is 1. The molecule has 1 heterocycles. The molecule has 1 aliphatic heterocycles. The molecule has 0 aliphatic carbocycles. The Morgan fingerprint density at radius 1 is 0.963 bits per heavy atom. The van der Waals surface area contributed by atoms with Crippen molar-refractivity contribution >= 4 is 11.9 Å². The molecular formula is C23H25NO3. The first-order valence-corrected chi connectivity index (χ1v) is 9.39. The lowest BCUT2D eigenvalue weighted by Gasteiger charge is -2.16. The number of carbonyl (C=O) groups is 2. The predicted molar refractivity (Wildman–Crippen MR) is 106 cm³/mol. The number of rotatable bonds is 7. The topological polar surface area (TPSA) is 55.4 Å². The van der Waals surface area contributed by atoms with Crippen LogP contribution in [0.3, 0.4) is 0 Å². The largest absolute Gasteiger partial charge is 0.427 e. The summed E-state index contributed by atoms with van der Waals surface area (Å²) in [6.45, 7) is 3.53. The second kappa shape index (κ2) is 8.67. The first-order chi connectivity index (χ1) is 13.0. The maximum absolute atomic E-state index is 11.9. The van der Waals surface area contributed by atoms with Crippen LogP contribution in [0.4, 0.5) is 0 Å². The Hall–Kier alpha value is -2.88. The van der Waals surface area contributed by atoms with E-state index in [1.54, 1.807) is 18.2 Å². The van der Waals surface area contributed by atoms with Crippen molar-refractivity contribution in [1.82, 2.24) is 5.32 Å². The van der Waals surface area contributed by atoms with Crippen LogP contribution in [0, 0.1) is 0 Å². The van der Waals surface area contributed by atoms with E-state index in [4.69, 9.17) is 4.74 Å². The normalized spacial score (nSPS) is 16.0. The fraction of sp³-hybridized carbons (Fsp3) is 0.304. The van der Waals surface area contributed by atoms with Gasteiger partial charge in [-0.25, -0.2) is 0 Å². The lowest BCUT2D eigenvalue weighted by atomic mass is 9.95. The van der Waals surface area contributed by atoms with Crippen LogP contribution in [0.1, 0.15) is 37.0 Å². The zero-order valence-corrected chi connectivity index (χ0v) is 15.8. The molecule has 2 aromatic rings. The highest BCUT2D eigenvalue weighted by Crippen LogP contribution is 2.22. The second-order valence-electron chi connectivity index (χ2n) is 6.89. The van der Waals surface area contributed by atoms with Crippen LogP contribution in [0.2, 0.25) is 0 Å². The number of esters is 1. The molecule has 1 N–H and O–H groups in total. The number of carbonyl (C=O) groups excluding carboxylic acids is 2. The maximum Gasteiger partial charge on any atom is 0.308 e. The van der Waals surface area contributed by atoms with E-state index in [2.05, 4.69) is 36.5 Å². The standard InChI is InChI=1S/C23H25NO3/c1-3-17-4-6-19(7-5-17)14-22-20(15-23(26)24-22)11-8-18-9-12-21(13-10-18)27-16(2)25/h4-7,9-10,12-13,15,22H,3,8,11,14H2,1-2H3,(H,24,26)/t22-/m0/s1. The summed E-state index contributed by atoms with van der Waals surface area (Å²) in [5.74, 6) is 0.222. The van der Waals surface area contributed by atoms with Gasteiger partial charge in [-0.3, -0.25) is 9.59 Å². The first-order valence-electron chi connectivity index (χ1n) is 9.39. The van der Waals surface area contributed by atoms with E-state index in [0.717, 1.165) is 36.8 Å². The van der Waals surface area contributed by atoms with Crippen molar-refractivity contribution in [2.75, 3.05) is 0 Å². The van der Waals surface area contributed by atoms with Crippen LogP contribution >= 0.6 is 0 Å². The summed E-state index contributed by atoms with van der Waals surface area (Å²) < 4.78 is 5.06. The SMILES string of the molecule is CCc1ccc(C[C@@H]2NC(=O)C=C2CCc2ccc(OC(C)=O)cc2)cc1. The average molecular weight is 363 g/mol. The van der Waals surface area contributed by atoms with Gasteiger partial charge in [0.2, 0.25) is 5.91 Å². The monoisotopic (exact) mass is 363 g/mol. The highest BCUT2D eigenvalue weighted by molar-refractivity contribution is 5.91. The van der Waals surface area contributed by atoms with E-state index in [9.17, 15) is 9.59 Å². The second-order valence-corrected chi connectivity index (χ2v) is 6.89. The van der Waals surface area contributed by atoms with Crippen LogP contribution in [0.25, 0.3) is 0 Å². The molecule has 4 nitrogen and oxygen atoms in total. The smallest absolute Gasteiger partial charge is 0.308 e. The van der Waals surface area contributed by atoms with Gasteiger partial charge in [0.15, 0.2) is 0 Å². The van der Waals surface area contributed by atoms with Crippen LogP contribution in [-0.2, 0) is 28.9 Å². The molecule has 0 spiro atoms. The van der Waals surface area contributed by atoms with Crippen molar-refractivity contribution in [3.8, 4) is 5.75 Å². The Morgan fingerprint density at radius 3 is 2.22 bits per heavy atom. The van der Waals surface area contributed by atoms with Crippen LogP contribution in [0.5, 0.6) is 5.75 Å². The molecule has 3 rings (SSSR count). The molecule has 0 radical (unpaired) electrons. The minimum absolute atomic E-state index is 0.00890.